The fraction of sp³-hybridized carbons (Fsp3) is 0.240. The summed E-state index contributed by atoms with van der Waals surface area (Å²) in [5.41, 5.74) is 3.47. The molecule has 3 saturated heterocycles. The molecule has 3 heterocycles. The minimum atomic E-state index is -3.46. The molecule has 0 aliphatic carbocycles. The van der Waals surface area contributed by atoms with Crippen LogP contribution in [0, 0.1) is 17.2 Å². The Morgan fingerprint density at radius 2 is 1.50 bits per heavy atom. The van der Waals surface area contributed by atoms with E-state index in [-0.39, 0.29) is 12.0 Å². The van der Waals surface area contributed by atoms with Gasteiger partial charge in [-0.3, -0.25) is 4.48 Å². The number of nitrogens with zero attached hydrogens (tertiary/aromatic N) is 2. The maximum atomic E-state index is 13.5. The summed E-state index contributed by atoms with van der Waals surface area (Å²) < 4.78 is 27.4. The molecule has 6 rings (SSSR count). The maximum absolute atomic E-state index is 13.5. The Bertz CT molecular complexity index is 1200. The van der Waals surface area contributed by atoms with Gasteiger partial charge in [0.1, 0.15) is 12.0 Å². The summed E-state index contributed by atoms with van der Waals surface area (Å²) in [5.74, 6) is 0.0661. The van der Waals surface area contributed by atoms with E-state index in [4.69, 9.17) is 0 Å². The summed E-state index contributed by atoms with van der Waals surface area (Å²) in [4.78, 5) is -1.02. The molecule has 3 aromatic carbocycles. The van der Waals surface area contributed by atoms with Crippen molar-refractivity contribution in [3.63, 3.8) is 0 Å². The Kier molecular flexibility index (Phi) is 4.15. The van der Waals surface area contributed by atoms with Crippen LogP contribution in [0.5, 0.6) is 0 Å². The first-order valence-corrected chi connectivity index (χ1v) is 12.0. The highest BCUT2D eigenvalue weighted by atomic mass is 32.2. The van der Waals surface area contributed by atoms with Gasteiger partial charge < -0.3 is 0 Å². The van der Waals surface area contributed by atoms with Crippen molar-refractivity contribution in [2.75, 3.05) is 19.3 Å². The minimum Gasteiger partial charge on any atom is -0.290 e. The molecule has 0 aromatic heterocycles. The number of sulfone groups is 1. The molecule has 0 N–H and O–H groups in total. The SMILES string of the molecule is CS(=O)(=O)C1(c2cccc(C#N)c2)C2C[N+]1(C(c1ccccc1)c1ccccc1)C2. The highest BCUT2D eigenvalue weighted by molar-refractivity contribution is 7.91. The van der Waals surface area contributed by atoms with Gasteiger partial charge in [0, 0.05) is 22.9 Å². The Morgan fingerprint density at radius 3 is 1.93 bits per heavy atom. The highest BCUT2D eigenvalue weighted by Crippen LogP contribution is 2.69. The molecule has 150 valence electrons. The molecule has 2 bridgehead atoms. The third kappa shape index (κ3) is 2.32. The van der Waals surface area contributed by atoms with E-state index in [9.17, 15) is 13.7 Å². The van der Waals surface area contributed by atoms with Gasteiger partial charge in [-0.2, -0.15) is 5.26 Å². The van der Waals surface area contributed by atoms with Gasteiger partial charge in [-0.1, -0.05) is 72.8 Å². The molecule has 30 heavy (non-hydrogen) atoms. The van der Waals surface area contributed by atoms with E-state index in [1.807, 2.05) is 42.5 Å². The smallest absolute Gasteiger partial charge is 0.240 e. The van der Waals surface area contributed by atoms with Crippen LogP contribution in [0.4, 0.5) is 0 Å². The lowest BCUT2D eigenvalue weighted by Gasteiger charge is -2.76. The van der Waals surface area contributed by atoms with Gasteiger partial charge in [-0.05, 0) is 12.1 Å². The van der Waals surface area contributed by atoms with E-state index in [0.29, 0.717) is 10.0 Å². The largest absolute Gasteiger partial charge is 0.290 e. The summed E-state index contributed by atoms with van der Waals surface area (Å²) in [6, 6.07) is 29.7. The molecule has 4 nitrogen and oxygen atoms in total. The molecule has 3 aliphatic heterocycles. The summed E-state index contributed by atoms with van der Waals surface area (Å²) in [6.07, 6.45) is 1.36. The van der Waals surface area contributed by atoms with Crippen LogP contribution in [0.3, 0.4) is 0 Å². The molecule has 1 atom stereocenters. The second-order valence-corrected chi connectivity index (χ2v) is 10.6. The first-order chi connectivity index (χ1) is 14.4. The first-order valence-electron chi connectivity index (χ1n) is 10.1. The Morgan fingerprint density at radius 1 is 0.933 bits per heavy atom. The van der Waals surface area contributed by atoms with Crippen molar-refractivity contribution in [1.29, 1.82) is 5.26 Å². The molecular formula is C25H23N2O2S+. The van der Waals surface area contributed by atoms with Crippen molar-refractivity contribution < 1.29 is 12.9 Å². The normalized spacial score (nSPS) is 27.0. The zero-order valence-corrected chi connectivity index (χ0v) is 17.6. The van der Waals surface area contributed by atoms with Gasteiger partial charge in [0.2, 0.25) is 14.7 Å². The fourth-order valence-corrected chi connectivity index (χ4v) is 8.20. The van der Waals surface area contributed by atoms with E-state index >= 15 is 0 Å². The van der Waals surface area contributed by atoms with Gasteiger partial charge >= 0.3 is 0 Å². The summed E-state index contributed by atoms with van der Waals surface area (Å²) in [6.45, 7) is 1.64. The molecule has 1 unspecified atom stereocenters. The van der Waals surface area contributed by atoms with Crippen molar-refractivity contribution in [3.8, 4) is 6.07 Å². The van der Waals surface area contributed by atoms with Crippen molar-refractivity contribution in [1.82, 2.24) is 0 Å². The molecule has 0 saturated carbocycles. The summed E-state index contributed by atoms with van der Waals surface area (Å²) in [7, 11) is -3.46. The van der Waals surface area contributed by atoms with Crippen molar-refractivity contribution in [2.45, 2.75) is 10.9 Å². The van der Waals surface area contributed by atoms with Gasteiger partial charge in [0.25, 0.3) is 0 Å². The molecule has 3 fully saturated rings. The van der Waals surface area contributed by atoms with E-state index in [1.54, 1.807) is 18.2 Å². The molecule has 3 aromatic rings. The summed E-state index contributed by atoms with van der Waals surface area (Å²) >= 11 is 0. The maximum Gasteiger partial charge on any atom is 0.240 e. The van der Waals surface area contributed by atoms with Crippen molar-refractivity contribution in [2.24, 2.45) is 5.92 Å². The van der Waals surface area contributed by atoms with Crippen LogP contribution >= 0.6 is 0 Å². The zero-order valence-electron chi connectivity index (χ0n) is 16.8. The second-order valence-electron chi connectivity index (χ2n) is 8.48. The topological polar surface area (TPSA) is 57.9 Å². The minimum absolute atomic E-state index is 0.0661. The first kappa shape index (κ1) is 19.0. The molecular weight excluding hydrogens is 392 g/mol. The number of rotatable bonds is 5. The lowest BCUT2D eigenvalue weighted by Crippen LogP contribution is -2.92. The lowest BCUT2D eigenvalue weighted by molar-refractivity contribution is -1.11. The van der Waals surface area contributed by atoms with Crippen LogP contribution in [-0.4, -0.2) is 32.2 Å². The van der Waals surface area contributed by atoms with Crippen LogP contribution in [0.25, 0.3) is 0 Å². The van der Waals surface area contributed by atoms with Crippen LogP contribution in [-0.2, 0) is 14.7 Å². The third-order valence-electron chi connectivity index (χ3n) is 7.00. The number of benzene rings is 3. The molecule has 0 radical (unpaired) electrons. The average Bonchev–Trinajstić information content (AvgIpc) is 2.70. The lowest BCUT2D eigenvalue weighted by atomic mass is 9.64. The summed E-state index contributed by atoms with van der Waals surface area (Å²) in [5, 5.41) is 9.42. The monoisotopic (exact) mass is 415 g/mol. The van der Waals surface area contributed by atoms with E-state index < -0.39 is 14.7 Å². The van der Waals surface area contributed by atoms with E-state index in [1.165, 1.54) is 6.26 Å². The third-order valence-corrected chi connectivity index (χ3v) is 9.07. The Hall–Kier alpha value is -2.94. The molecule has 0 amide bonds. The number of nitriles is 1. The van der Waals surface area contributed by atoms with Crippen LogP contribution < -0.4 is 0 Å². The standard InChI is InChI=1S/C25H23N2O2S/c1-30(28,29)25(22-14-8-9-19(15-22)16-26)23-17-27(25,18-23)24(20-10-4-2-5-11-20)21-12-6-3-7-13-21/h2-15,23-24H,17-18H2,1H3/q+1. The second kappa shape index (κ2) is 6.53. The molecule has 0 spiro atoms. The van der Waals surface area contributed by atoms with Gasteiger partial charge in [-0.25, -0.2) is 8.42 Å². The average molecular weight is 416 g/mol. The predicted octanol–water partition coefficient (Wildman–Crippen LogP) is 4.01. The fourth-order valence-electron chi connectivity index (χ4n) is 5.98. The Labute approximate surface area is 177 Å². The van der Waals surface area contributed by atoms with Crippen molar-refractivity contribution in [3.05, 3.63) is 107 Å². The van der Waals surface area contributed by atoms with Gasteiger partial charge in [0.15, 0.2) is 0 Å². The van der Waals surface area contributed by atoms with Gasteiger partial charge in [-0.15, -0.1) is 0 Å². The number of hydrogen-bond donors (Lipinski definition) is 0. The number of hydrogen-bond acceptors (Lipinski definition) is 3. The van der Waals surface area contributed by atoms with Crippen LogP contribution in [0.2, 0.25) is 0 Å². The van der Waals surface area contributed by atoms with E-state index in [2.05, 4.69) is 30.3 Å². The highest BCUT2D eigenvalue weighted by Gasteiger charge is 2.86. The van der Waals surface area contributed by atoms with Gasteiger partial charge in [0.05, 0.1) is 24.7 Å². The molecule has 5 heteroatoms. The number of quaternary nitrogens is 1. The van der Waals surface area contributed by atoms with Crippen molar-refractivity contribution >= 4 is 9.84 Å². The van der Waals surface area contributed by atoms with E-state index in [0.717, 1.165) is 29.8 Å². The quantitative estimate of drug-likeness (QED) is 0.592. The van der Waals surface area contributed by atoms with Crippen LogP contribution in [0.1, 0.15) is 28.3 Å². The molecule has 3 aliphatic rings. The zero-order chi connectivity index (χ0) is 21.0. The Balaban J connectivity index is 1.76. The van der Waals surface area contributed by atoms with Crippen LogP contribution in [0.15, 0.2) is 84.9 Å². The predicted molar refractivity (Wildman–Crippen MR) is 116 cm³/mol.